The van der Waals surface area contributed by atoms with Crippen LogP contribution in [0.15, 0.2) is 35.5 Å². The molecule has 7 nitrogen and oxygen atoms in total. The number of hydrogen-bond acceptors (Lipinski definition) is 5. The molecule has 0 aliphatic rings. The maximum Gasteiger partial charge on any atom is 0.181 e. The molecule has 3 rings (SSSR count). The molecule has 0 amide bonds. The van der Waals surface area contributed by atoms with E-state index in [1.807, 2.05) is 18.5 Å². The number of nitrogens with zero attached hydrogens (tertiary/aromatic N) is 5. The number of rotatable bonds is 4. The maximum atomic E-state index is 11.1. The summed E-state index contributed by atoms with van der Waals surface area (Å²) in [5.41, 5.74) is 0.777. The Morgan fingerprint density at radius 1 is 1.24 bits per heavy atom. The van der Waals surface area contributed by atoms with Crippen molar-refractivity contribution in [3.63, 3.8) is 0 Å². The van der Waals surface area contributed by atoms with Gasteiger partial charge in [0.2, 0.25) is 0 Å². The van der Waals surface area contributed by atoms with Crippen LogP contribution in [0.1, 0.15) is 12.7 Å². The summed E-state index contributed by atoms with van der Waals surface area (Å²) in [5.74, 6) is 1.46. The fourth-order valence-electron chi connectivity index (χ4n) is 2.15. The smallest absolute Gasteiger partial charge is 0.181 e. The minimum absolute atomic E-state index is 0.0115. The highest BCUT2D eigenvalue weighted by atomic mass is 16.1. The third-order valence-electron chi connectivity index (χ3n) is 3.17. The molecular formula is C14H16N6O. The van der Waals surface area contributed by atoms with Crippen LogP contribution in [0.3, 0.4) is 0 Å². The average molecular weight is 284 g/mol. The highest BCUT2D eigenvalue weighted by Gasteiger charge is 2.11. The summed E-state index contributed by atoms with van der Waals surface area (Å²) < 4.78 is 3.60. The van der Waals surface area contributed by atoms with Crippen LogP contribution in [-0.2, 0) is 13.6 Å². The van der Waals surface area contributed by atoms with Crippen molar-refractivity contribution in [3.05, 3.63) is 46.8 Å². The van der Waals surface area contributed by atoms with Crippen molar-refractivity contribution in [2.45, 2.75) is 13.5 Å². The average Bonchev–Trinajstić information content (AvgIpc) is 2.84. The molecule has 108 valence electrons. The standard InChI is InChI=1S/C14H16N6O/c1-3-15-13-11-8-16-19(2)14(11)18-12(17-13)9-20-6-4-10(21)5-7-20/h4-8H,3,9H2,1-2H3,(H,15,17,18). The van der Waals surface area contributed by atoms with Crippen LogP contribution in [0, 0.1) is 0 Å². The molecule has 3 heterocycles. The first-order valence-electron chi connectivity index (χ1n) is 6.76. The minimum Gasteiger partial charge on any atom is -0.370 e. The Balaban J connectivity index is 2.03. The fourth-order valence-corrected chi connectivity index (χ4v) is 2.15. The molecule has 3 aromatic heterocycles. The minimum atomic E-state index is -0.0115. The second-order valence-electron chi connectivity index (χ2n) is 4.73. The van der Waals surface area contributed by atoms with Gasteiger partial charge in [0.05, 0.1) is 18.1 Å². The number of fused-ring (bicyclic) bond motifs is 1. The zero-order valence-corrected chi connectivity index (χ0v) is 11.9. The highest BCUT2D eigenvalue weighted by Crippen LogP contribution is 2.19. The van der Waals surface area contributed by atoms with E-state index in [2.05, 4.69) is 20.4 Å². The van der Waals surface area contributed by atoms with E-state index < -0.39 is 0 Å². The van der Waals surface area contributed by atoms with Crippen LogP contribution < -0.4 is 10.7 Å². The van der Waals surface area contributed by atoms with E-state index in [4.69, 9.17) is 0 Å². The number of anilines is 1. The summed E-state index contributed by atoms with van der Waals surface area (Å²) in [5, 5.41) is 8.37. The van der Waals surface area contributed by atoms with E-state index in [1.165, 1.54) is 12.1 Å². The molecule has 21 heavy (non-hydrogen) atoms. The molecule has 0 saturated carbocycles. The number of nitrogens with one attached hydrogen (secondary N) is 1. The SMILES string of the molecule is CCNc1nc(Cn2ccc(=O)cc2)nc2c1cnn2C. The van der Waals surface area contributed by atoms with E-state index in [-0.39, 0.29) is 5.43 Å². The van der Waals surface area contributed by atoms with Gasteiger partial charge in [-0.05, 0) is 6.92 Å². The Labute approximate surface area is 121 Å². The lowest BCUT2D eigenvalue weighted by atomic mass is 10.3. The van der Waals surface area contributed by atoms with Gasteiger partial charge in [0, 0.05) is 38.1 Å². The lowest BCUT2D eigenvalue weighted by Gasteiger charge is -2.09. The summed E-state index contributed by atoms with van der Waals surface area (Å²) in [7, 11) is 1.86. The molecule has 3 aromatic rings. The molecule has 0 unspecified atom stereocenters. The largest absolute Gasteiger partial charge is 0.370 e. The van der Waals surface area contributed by atoms with Crippen LogP contribution in [-0.4, -0.2) is 30.9 Å². The summed E-state index contributed by atoms with van der Waals surface area (Å²) >= 11 is 0. The second kappa shape index (κ2) is 5.35. The van der Waals surface area contributed by atoms with Crippen molar-refractivity contribution in [1.29, 1.82) is 0 Å². The molecule has 0 bridgehead atoms. The molecule has 1 N–H and O–H groups in total. The predicted octanol–water partition coefficient (Wildman–Crippen LogP) is 1.01. The third-order valence-corrected chi connectivity index (χ3v) is 3.17. The molecule has 0 aromatic carbocycles. The quantitative estimate of drug-likeness (QED) is 0.773. The monoisotopic (exact) mass is 284 g/mol. The second-order valence-corrected chi connectivity index (χ2v) is 4.73. The van der Waals surface area contributed by atoms with Crippen LogP contribution >= 0.6 is 0 Å². The van der Waals surface area contributed by atoms with Crippen LogP contribution in [0.25, 0.3) is 11.0 Å². The lowest BCUT2D eigenvalue weighted by molar-refractivity contribution is 0.730. The highest BCUT2D eigenvalue weighted by molar-refractivity contribution is 5.86. The third kappa shape index (κ3) is 2.62. The van der Waals surface area contributed by atoms with Gasteiger partial charge in [0.1, 0.15) is 5.82 Å². The summed E-state index contributed by atoms with van der Waals surface area (Å²) in [6.07, 6.45) is 5.22. The van der Waals surface area contributed by atoms with Gasteiger partial charge in [-0.3, -0.25) is 9.48 Å². The molecular weight excluding hydrogens is 268 g/mol. The van der Waals surface area contributed by atoms with Gasteiger partial charge in [0.25, 0.3) is 0 Å². The first-order valence-corrected chi connectivity index (χ1v) is 6.76. The topological polar surface area (TPSA) is 77.6 Å². The van der Waals surface area contributed by atoms with Gasteiger partial charge in [-0.2, -0.15) is 5.10 Å². The molecule has 0 saturated heterocycles. The van der Waals surface area contributed by atoms with Gasteiger partial charge in [-0.15, -0.1) is 0 Å². The van der Waals surface area contributed by atoms with Crippen molar-refractivity contribution in [1.82, 2.24) is 24.3 Å². The van der Waals surface area contributed by atoms with Gasteiger partial charge < -0.3 is 9.88 Å². The zero-order chi connectivity index (χ0) is 14.8. The number of aryl methyl sites for hydroxylation is 1. The molecule has 0 aliphatic carbocycles. The van der Waals surface area contributed by atoms with E-state index in [0.29, 0.717) is 12.4 Å². The van der Waals surface area contributed by atoms with Crippen molar-refractivity contribution in [2.24, 2.45) is 7.05 Å². The van der Waals surface area contributed by atoms with Crippen molar-refractivity contribution in [2.75, 3.05) is 11.9 Å². The van der Waals surface area contributed by atoms with E-state index in [0.717, 1.165) is 23.4 Å². The molecule has 0 atom stereocenters. The van der Waals surface area contributed by atoms with E-state index in [1.54, 1.807) is 23.3 Å². The Morgan fingerprint density at radius 2 is 2.00 bits per heavy atom. The number of aromatic nitrogens is 5. The van der Waals surface area contributed by atoms with Crippen LogP contribution in [0.5, 0.6) is 0 Å². The maximum absolute atomic E-state index is 11.1. The molecule has 0 spiro atoms. The fraction of sp³-hybridized carbons (Fsp3) is 0.286. The molecule has 0 aliphatic heterocycles. The number of pyridine rings is 1. The van der Waals surface area contributed by atoms with E-state index in [9.17, 15) is 4.79 Å². The van der Waals surface area contributed by atoms with Gasteiger partial charge in [-0.25, -0.2) is 9.97 Å². The predicted molar refractivity (Wildman–Crippen MR) is 80.3 cm³/mol. The Kier molecular flexibility index (Phi) is 3.39. The Hall–Kier alpha value is -2.70. The van der Waals surface area contributed by atoms with Crippen LogP contribution in [0.4, 0.5) is 5.82 Å². The Morgan fingerprint density at radius 3 is 2.71 bits per heavy atom. The van der Waals surface area contributed by atoms with Crippen molar-refractivity contribution in [3.8, 4) is 0 Å². The van der Waals surface area contributed by atoms with Gasteiger partial charge in [-0.1, -0.05) is 0 Å². The molecule has 0 fully saturated rings. The van der Waals surface area contributed by atoms with Gasteiger partial charge >= 0.3 is 0 Å². The molecule has 0 radical (unpaired) electrons. The first kappa shape index (κ1) is 13.3. The number of hydrogen-bond donors (Lipinski definition) is 1. The summed E-state index contributed by atoms with van der Waals surface area (Å²) in [6, 6.07) is 3.04. The zero-order valence-electron chi connectivity index (χ0n) is 11.9. The normalized spacial score (nSPS) is 11.0. The first-order chi connectivity index (χ1) is 10.2. The van der Waals surface area contributed by atoms with Gasteiger partial charge in [0.15, 0.2) is 16.9 Å². The van der Waals surface area contributed by atoms with Crippen molar-refractivity contribution >= 4 is 16.9 Å². The lowest BCUT2D eigenvalue weighted by Crippen LogP contribution is -2.10. The summed E-state index contributed by atoms with van der Waals surface area (Å²) in [4.78, 5) is 20.2. The van der Waals surface area contributed by atoms with Crippen LogP contribution in [0.2, 0.25) is 0 Å². The van der Waals surface area contributed by atoms with Crippen molar-refractivity contribution < 1.29 is 0 Å². The molecule has 7 heteroatoms. The Bertz CT molecular complexity index is 815. The summed E-state index contributed by atoms with van der Waals surface area (Å²) in [6.45, 7) is 3.30. The van der Waals surface area contributed by atoms with E-state index >= 15 is 0 Å².